The first-order chi connectivity index (χ1) is 6.26. The third-order valence-electron chi connectivity index (χ3n) is 2.20. The maximum absolute atomic E-state index is 11.1. The van der Waals surface area contributed by atoms with Gasteiger partial charge in [0.05, 0.1) is 12.3 Å². The van der Waals surface area contributed by atoms with Crippen molar-refractivity contribution in [1.29, 1.82) is 0 Å². The van der Waals surface area contributed by atoms with Gasteiger partial charge < -0.3 is 5.11 Å². The molecular formula is C9H9ClN2O2. The van der Waals surface area contributed by atoms with Crippen LogP contribution in [-0.2, 0) is 4.79 Å². The summed E-state index contributed by atoms with van der Waals surface area (Å²) in [6.45, 7) is 0.238. The Bertz CT molecular complexity index is 371. The van der Waals surface area contributed by atoms with Crippen LogP contribution in [-0.4, -0.2) is 29.7 Å². The monoisotopic (exact) mass is 212 g/mol. The summed E-state index contributed by atoms with van der Waals surface area (Å²) in [6, 6.07) is 0. The van der Waals surface area contributed by atoms with E-state index in [1.165, 1.54) is 6.34 Å². The summed E-state index contributed by atoms with van der Waals surface area (Å²) < 4.78 is 0. The Hall–Kier alpha value is -1.42. The average molecular weight is 213 g/mol. The molecular weight excluding hydrogens is 204 g/mol. The van der Waals surface area contributed by atoms with Crippen LogP contribution in [0.5, 0.6) is 0 Å². The standard InChI is InChI=1S/C9H8N2O2.ClH/c12-8(13)9-4-2-1-3-7(9)11-6-10-5-9;/h1-4,6H,5H2,(H,12,13);1H. The Labute approximate surface area is 87.2 Å². The lowest BCUT2D eigenvalue weighted by Gasteiger charge is -2.27. The predicted molar refractivity (Wildman–Crippen MR) is 56.4 cm³/mol. The Balaban J connectivity index is 0.000000980. The molecule has 1 atom stereocenters. The molecule has 14 heavy (non-hydrogen) atoms. The highest BCUT2D eigenvalue weighted by atomic mass is 35.5. The number of carboxylic acids is 1. The van der Waals surface area contributed by atoms with Crippen LogP contribution in [0.25, 0.3) is 0 Å². The maximum atomic E-state index is 11.1. The minimum absolute atomic E-state index is 0. The molecule has 1 N–H and O–H groups in total. The molecule has 1 heterocycles. The van der Waals surface area contributed by atoms with E-state index in [0.29, 0.717) is 5.71 Å². The molecule has 1 unspecified atom stereocenters. The SMILES string of the molecule is Cl.O=C(O)C12C=CC=CC1=NC=NC2. The zero-order valence-corrected chi connectivity index (χ0v) is 8.07. The number of halogens is 1. The molecule has 2 rings (SSSR count). The van der Waals surface area contributed by atoms with E-state index in [1.807, 2.05) is 0 Å². The molecule has 0 aromatic carbocycles. The van der Waals surface area contributed by atoms with Gasteiger partial charge in [0, 0.05) is 0 Å². The van der Waals surface area contributed by atoms with Crippen molar-refractivity contribution in [2.24, 2.45) is 15.4 Å². The second-order valence-electron chi connectivity index (χ2n) is 2.97. The number of hydrogen-bond donors (Lipinski definition) is 1. The molecule has 74 valence electrons. The van der Waals surface area contributed by atoms with E-state index in [9.17, 15) is 4.79 Å². The summed E-state index contributed by atoms with van der Waals surface area (Å²) in [5.74, 6) is -0.899. The summed E-state index contributed by atoms with van der Waals surface area (Å²) in [7, 11) is 0. The van der Waals surface area contributed by atoms with Crippen molar-refractivity contribution in [2.75, 3.05) is 6.54 Å². The van der Waals surface area contributed by atoms with Gasteiger partial charge in [-0.15, -0.1) is 12.4 Å². The van der Waals surface area contributed by atoms with E-state index < -0.39 is 11.4 Å². The third-order valence-corrected chi connectivity index (χ3v) is 2.20. The molecule has 0 aromatic rings. The number of allylic oxidation sites excluding steroid dienone is 3. The van der Waals surface area contributed by atoms with Crippen molar-refractivity contribution in [3.8, 4) is 0 Å². The van der Waals surface area contributed by atoms with Gasteiger partial charge in [0.1, 0.15) is 11.8 Å². The van der Waals surface area contributed by atoms with Crippen molar-refractivity contribution in [3.63, 3.8) is 0 Å². The molecule has 5 heteroatoms. The number of fused-ring (bicyclic) bond motifs is 1. The molecule has 1 aliphatic heterocycles. The second kappa shape index (κ2) is 3.75. The lowest BCUT2D eigenvalue weighted by molar-refractivity contribution is -0.142. The van der Waals surface area contributed by atoms with Crippen molar-refractivity contribution in [2.45, 2.75) is 0 Å². The van der Waals surface area contributed by atoms with E-state index in [4.69, 9.17) is 5.11 Å². The van der Waals surface area contributed by atoms with Gasteiger partial charge in [-0.25, -0.2) is 4.99 Å². The number of nitrogens with zero attached hydrogens (tertiary/aromatic N) is 2. The minimum atomic E-state index is -1.02. The zero-order chi connectivity index (χ0) is 9.31. The number of carboxylic acid groups (broad SMARTS) is 1. The van der Waals surface area contributed by atoms with Crippen LogP contribution >= 0.6 is 12.4 Å². The van der Waals surface area contributed by atoms with Gasteiger partial charge in [-0.3, -0.25) is 9.79 Å². The summed E-state index contributed by atoms with van der Waals surface area (Å²) in [5.41, 5.74) is -0.471. The van der Waals surface area contributed by atoms with Gasteiger partial charge in [0.15, 0.2) is 0 Å². The molecule has 1 aliphatic carbocycles. The summed E-state index contributed by atoms with van der Waals surface area (Å²) in [5, 5.41) is 9.08. The van der Waals surface area contributed by atoms with Gasteiger partial charge in [0.25, 0.3) is 0 Å². The van der Waals surface area contributed by atoms with Crippen LogP contribution in [0.4, 0.5) is 0 Å². The number of rotatable bonds is 1. The summed E-state index contributed by atoms with van der Waals surface area (Å²) in [4.78, 5) is 18.9. The van der Waals surface area contributed by atoms with Crippen molar-refractivity contribution >= 4 is 30.4 Å². The lowest BCUT2D eigenvalue weighted by atomic mass is 9.79. The van der Waals surface area contributed by atoms with E-state index in [-0.39, 0.29) is 19.0 Å². The molecule has 2 aliphatic rings. The Morgan fingerprint density at radius 2 is 2.29 bits per heavy atom. The van der Waals surface area contributed by atoms with Crippen LogP contribution < -0.4 is 0 Å². The highest BCUT2D eigenvalue weighted by molar-refractivity contribution is 6.17. The fourth-order valence-electron chi connectivity index (χ4n) is 1.43. The fraction of sp³-hybridized carbons (Fsp3) is 0.222. The van der Waals surface area contributed by atoms with Crippen molar-refractivity contribution in [1.82, 2.24) is 0 Å². The zero-order valence-electron chi connectivity index (χ0n) is 7.25. The molecule has 0 saturated heterocycles. The quantitative estimate of drug-likeness (QED) is 0.707. The van der Waals surface area contributed by atoms with Crippen LogP contribution in [0, 0.1) is 5.41 Å². The molecule has 0 amide bonds. The number of hydrogen-bond acceptors (Lipinski definition) is 3. The van der Waals surface area contributed by atoms with Crippen LogP contribution in [0.1, 0.15) is 0 Å². The second-order valence-corrected chi connectivity index (χ2v) is 2.97. The normalized spacial score (nSPS) is 27.6. The largest absolute Gasteiger partial charge is 0.480 e. The third kappa shape index (κ3) is 1.37. The first kappa shape index (κ1) is 10.7. The van der Waals surface area contributed by atoms with Crippen LogP contribution in [0.2, 0.25) is 0 Å². The van der Waals surface area contributed by atoms with Gasteiger partial charge in [-0.2, -0.15) is 0 Å². The highest BCUT2D eigenvalue weighted by Crippen LogP contribution is 2.28. The van der Waals surface area contributed by atoms with Crippen LogP contribution in [0.15, 0.2) is 34.3 Å². The number of carbonyl (C=O) groups is 1. The molecule has 0 saturated carbocycles. The average Bonchev–Trinajstić information content (AvgIpc) is 2.17. The van der Waals surface area contributed by atoms with Gasteiger partial charge >= 0.3 is 5.97 Å². The molecule has 0 radical (unpaired) electrons. The Morgan fingerprint density at radius 1 is 1.50 bits per heavy atom. The van der Waals surface area contributed by atoms with Gasteiger partial charge in [-0.1, -0.05) is 18.2 Å². The van der Waals surface area contributed by atoms with E-state index in [1.54, 1.807) is 24.3 Å². The summed E-state index contributed by atoms with van der Waals surface area (Å²) >= 11 is 0. The molecule has 0 spiro atoms. The predicted octanol–water partition coefficient (Wildman–Crippen LogP) is 1.09. The van der Waals surface area contributed by atoms with E-state index >= 15 is 0 Å². The summed E-state index contributed by atoms with van der Waals surface area (Å²) in [6.07, 6.45) is 8.23. The van der Waals surface area contributed by atoms with E-state index in [2.05, 4.69) is 9.98 Å². The molecule has 0 fully saturated rings. The van der Waals surface area contributed by atoms with Gasteiger partial charge in [-0.05, 0) is 6.08 Å². The fourth-order valence-corrected chi connectivity index (χ4v) is 1.43. The van der Waals surface area contributed by atoms with Crippen molar-refractivity contribution in [3.05, 3.63) is 24.3 Å². The highest BCUT2D eigenvalue weighted by Gasteiger charge is 2.42. The van der Waals surface area contributed by atoms with Gasteiger partial charge in [0.2, 0.25) is 0 Å². The lowest BCUT2D eigenvalue weighted by Crippen LogP contribution is -2.42. The Morgan fingerprint density at radius 3 is 2.93 bits per heavy atom. The topological polar surface area (TPSA) is 62.0 Å². The number of aliphatic carboxylic acids is 1. The van der Waals surface area contributed by atoms with E-state index in [0.717, 1.165) is 0 Å². The van der Waals surface area contributed by atoms with Crippen LogP contribution in [0.3, 0.4) is 0 Å². The molecule has 0 aromatic heterocycles. The maximum Gasteiger partial charge on any atom is 0.321 e. The molecule has 0 bridgehead atoms. The van der Waals surface area contributed by atoms with Crippen molar-refractivity contribution < 1.29 is 9.90 Å². The number of aliphatic imine (C=N–C) groups is 2. The smallest absolute Gasteiger partial charge is 0.321 e. The minimum Gasteiger partial charge on any atom is -0.480 e. The molecule has 4 nitrogen and oxygen atoms in total. The Kier molecular flexibility index (Phi) is 2.86. The first-order valence-electron chi connectivity index (χ1n) is 3.91. The first-order valence-corrected chi connectivity index (χ1v) is 3.91.